The Hall–Kier alpha value is -2.52. The van der Waals surface area contributed by atoms with Crippen molar-refractivity contribution in [2.45, 2.75) is 142 Å². The third-order valence-electron chi connectivity index (χ3n) is 10.3. The third-order valence-corrected chi connectivity index (χ3v) is 10.7. The summed E-state index contributed by atoms with van der Waals surface area (Å²) in [6.07, 6.45) is -39.4. The summed E-state index contributed by atoms with van der Waals surface area (Å²) in [4.78, 5) is 37.3. The standard InChI is InChI=1S/C31H52N2O28S/c1-8(38)32-16-20(45)23(13(7-54-62(51,52)53)57-28(16)59-25-18(43)11(4-35)55-27(48)21(25)46)58-29-22(47)26(19(44)12(5-36)56-29)61-31(30(49)50)2-9(39)15(33-14(41)6-37)24(60-31)17(42)10(40)3-34/h9-13,15-29,34-37,39-40,42-48H,2-7H2,1H3,(H,32,38)(H,33,41)(H,49,50)(H,51,52,53)/t9-,10+,11+,12+,13+,15+,16+,17+,18-,19-,20+,21+,22+,23+,24+,25-,26-,27?,28-,29-,31-/m0/s1. The van der Waals surface area contributed by atoms with Crippen LogP contribution in [0.15, 0.2) is 0 Å². The van der Waals surface area contributed by atoms with Crippen LogP contribution in [0.2, 0.25) is 0 Å². The fraction of sp³-hybridized carbons (Fsp3) is 0.903. The second kappa shape index (κ2) is 21.6. The summed E-state index contributed by atoms with van der Waals surface area (Å²) in [6, 6.07) is -3.70. The van der Waals surface area contributed by atoms with Gasteiger partial charge in [0.2, 0.25) is 11.8 Å². The Morgan fingerprint density at radius 1 is 0.758 bits per heavy atom. The van der Waals surface area contributed by atoms with Gasteiger partial charge in [0.1, 0.15) is 98.1 Å². The molecule has 0 radical (unpaired) electrons. The number of carbonyl (C=O) groups is 3. The number of ether oxygens (including phenoxy) is 7. The number of hydrogen-bond donors (Lipinski definition) is 17. The van der Waals surface area contributed by atoms with Gasteiger partial charge in [0.15, 0.2) is 18.9 Å². The number of hydrogen-bond acceptors (Lipinski definition) is 26. The number of carbonyl (C=O) groups excluding carboxylic acids is 2. The predicted octanol–water partition coefficient (Wildman–Crippen LogP) is -11.5. The van der Waals surface area contributed by atoms with Gasteiger partial charge in [-0.25, -0.2) is 8.98 Å². The summed E-state index contributed by atoms with van der Waals surface area (Å²) in [5.41, 5.74) is 0. The van der Waals surface area contributed by atoms with E-state index in [1.807, 2.05) is 0 Å². The molecule has 2 amide bonds. The van der Waals surface area contributed by atoms with Crippen molar-refractivity contribution in [2.24, 2.45) is 0 Å². The minimum absolute atomic E-state index is 0.924. The molecule has 30 nitrogen and oxygen atoms in total. The van der Waals surface area contributed by atoms with Crippen LogP contribution in [0.25, 0.3) is 0 Å². The van der Waals surface area contributed by atoms with Crippen molar-refractivity contribution in [3.8, 4) is 0 Å². The average Bonchev–Trinajstić information content (AvgIpc) is 3.21. The van der Waals surface area contributed by atoms with Gasteiger partial charge in [-0.1, -0.05) is 0 Å². The SMILES string of the molecule is CC(=O)N[C@H]1[C@H](O[C@H]2[C@@H](O)[C@@H](CO)OC(O)[C@@H]2O)O[C@H](COS(=O)(=O)O)[C@@H](O[C@@H]2O[C@H](CO)[C@H](O)[C@H](O[C@]3(C(=O)O)C[C@H](O)[C@@H](NC(=O)CO)[C@H]([C@H](O)[C@H](O)CO)O3)[C@H]2O)[C@@H]1O. The zero-order valence-corrected chi connectivity index (χ0v) is 33.0. The third kappa shape index (κ3) is 11.8. The number of carboxylic acids is 1. The number of aliphatic carboxylic acids is 1. The normalized spacial score (nSPS) is 42.7. The fourth-order valence-corrected chi connectivity index (χ4v) is 7.49. The van der Waals surface area contributed by atoms with Gasteiger partial charge in [0.05, 0.1) is 38.6 Å². The van der Waals surface area contributed by atoms with Crippen LogP contribution in [0.4, 0.5) is 0 Å². The van der Waals surface area contributed by atoms with Crippen molar-refractivity contribution < 1.29 is 136 Å². The zero-order valence-electron chi connectivity index (χ0n) is 32.2. The first kappa shape index (κ1) is 52.1. The van der Waals surface area contributed by atoms with Crippen molar-refractivity contribution in [1.82, 2.24) is 10.6 Å². The van der Waals surface area contributed by atoms with Gasteiger partial charge in [-0.2, -0.15) is 8.42 Å². The first-order valence-electron chi connectivity index (χ1n) is 18.5. The molecular formula is C31H52N2O28S. The van der Waals surface area contributed by atoms with E-state index in [9.17, 15) is 98.8 Å². The molecule has 0 aromatic rings. The summed E-state index contributed by atoms with van der Waals surface area (Å²) >= 11 is 0. The highest BCUT2D eigenvalue weighted by Crippen LogP contribution is 2.39. The van der Waals surface area contributed by atoms with Gasteiger partial charge in [-0.3, -0.25) is 14.1 Å². The smallest absolute Gasteiger partial charge is 0.397 e. The first-order valence-corrected chi connectivity index (χ1v) is 19.9. The Balaban J connectivity index is 1.70. The summed E-state index contributed by atoms with van der Waals surface area (Å²) in [5, 5.41) is 151. The van der Waals surface area contributed by atoms with Gasteiger partial charge < -0.3 is 115 Å². The molecule has 0 saturated carbocycles. The molecule has 4 saturated heterocycles. The number of nitrogens with one attached hydrogen (secondary N) is 2. The lowest BCUT2D eigenvalue weighted by molar-refractivity contribution is -0.386. The summed E-state index contributed by atoms with van der Waals surface area (Å²) < 4.78 is 75.6. The van der Waals surface area contributed by atoms with Crippen molar-refractivity contribution >= 4 is 28.2 Å². The van der Waals surface area contributed by atoms with E-state index in [0.29, 0.717) is 0 Å². The van der Waals surface area contributed by atoms with Crippen molar-refractivity contribution in [2.75, 3.05) is 33.0 Å². The van der Waals surface area contributed by atoms with Crippen LogP contribution in [0.3, 0.4) is 0 Å². The van der Waals surface area contributed by atoms with E-state index in [0.717, 1.165) is 6.92 Å². The van der Waals surface area contributed by atoms with E-state index in [2.05, 4.69) is 14.8 Å². The van der Waals surface area contributed by atoms with E-state index < -0.39 is 196 Å². The van der Waals surface area contributed by atoms with E-state index in [-0.39, 0.29) is 0 Å². The highest BCUT2D eigenvalue weighted by molar-refractivity contribution is 7.80. The van der Waals surface area contributed by atoms with Crippen LogP contribution in [-0.2, 0) is 62.1 Å². The van der Waals surface area contributed by atoms with Gasteiger partial charge in [0.25, 0.3) is 5.79 Å². The predicted molar refractivity (Wildman–Crippen MR) is 186 cm³/mol. The van der Waals surface area contributed by atoms with Crippen LogP contribution in [0.1, 0.15) is 13.3 Å². The highest BCUT2D eigenvalue weighted by Gasteiger charge is 2.60. The quantitative estimate of drug-likeness (QED) is 0.0567. The molecule has 31 heteroatoms. The number of carboxylic acid groups (broad SMARTS) is 1. The van der Waals surface area contributed by atoms with Gasteiger partial charge in [-0.05, 0) is 0 Å². The summed E-state index contributed by atoms with van der Waals surface area (Å²) in [5.74, 6) is -7.51. The van der Waals surface area contributed by atoms with E-state index in [4.69, 9.17) is 33.2 Å². The number of amides is 2. The van der Waals surface area contributed by atoms with Crippen LogP contribution in [0.5, 0.6) is 0 Å². The molecule has 62 heavy (non-hydrogen) atoms. The molecule has 0 spiro atoms. The van der Waals surface area contributed by atoms with Gasteiger partial charge in [-0.15, -0.1) is 0 Å². The molecule has 4 heterocycles. The fourth-order valence-electron chi connectivity index (χ4n) is 7.19. The maximum Gasteiger partial charge on any atom is 0.397 e. The molecule has 17 N–H and O–H groups in total. The molecule has 360 valence electrons. The minimum Gasteiger partial charge on any atom is -0.477 e. The molecule has 0 bridgehead atoms. The van der Waals surface area contributed by atoms with E-state index >= 15 is 0 Å². The Morgan fingerprint density at radius 3 is 1.89 bits per heavy atom. The molecular weight excluding hydrogens is 880 g/mol. The number of rotatable bonds is 18. The van der Waals surface area contributed by atoms with Crippen molar-refractivity contribution in [3.63, 3.8) is 0 Å². The summed E-state index contributed by atoms with van der Waals surface area (Å²) in [6.45, 7) is -4.84. The molecule has 4 rings (SSSR count). The van der Waals surface area contributed by atoms with Crippen LogP contribution >= 0.6 is 0 Å². The molecule has 21 atom stereocenters. The largest absolute Gasteiger partial charge is 0.477 e. The second-order valence-electron chi connectivity index (χ2n) is 14.6. The molecule has 0 aliphatic carbocycles. The molecule has 0 aromatic heterocycles. The van der Waals surface area contributed by atoms with Crippen LogP contribution in [0, 0.1) is 0 Å². The van der Waals surface area contributed by atoms with E-state index in [1.165, 1.54) is 0 Å². The van der Waals surface area contributed by atoms with Gasteiger partial charge >= 0.3 is 16.4 Å². The lowest BCUT2D eigenvalue weighted by atomic mass is 9.88. The van der Waals surface area contributed by atoms with E-state index in [1.54, 1.807) is 0 Å². The second-order valence-corrected chi connectivity index (χ2v) is 15.7. The molecule has 4 fully saturated rings. The molecule has 4 aliphatic rings. The molecule has 0 aromatic carbocycles. The number of aliphatic hydroxyl groups excluding tert-OH is 13. The highest BCUT2D eigenvalue weighted by atomic mass is 32.3. The van der Waals surface area contributed by atoms with Crippen LogP contribution < -0.4 is 10.6 Å². The van der Waals surface area contributed by atoms with Gasteiger partial charge in [0, 0.05) is 13.3 Å². The Bertz CT molecular complexity index is 1620. The Labute approximate surface area is 349 Å². The topological polar surface area (TPSA) is 487 Å². The lowest BCUT2D eigenvalue weighted by Crippen LogP contribution is -2.71. The lowest BCUT2D eigenvalue weighted by Gasteiger charge is -2.51. The zero-order chi connectivity index (χ0) is 46.6. The maximum atomic E-state index is 12.9. The van der Waals surface area contributed by atoms with Crippen LogP contribution in [-0.4, -0.2) is 264 Å². The monoisotopic (exact) mass is 932 g/mol. The first-order chi connectivity index (χ1) is 28.9. The summed E-state index contributed by atoms with van der Waals surface area (Å²) in [7, 11) is -5.34. The molecule has 4 aliphatic heterocycles. The minimum atomic E-state index is -5.34. The maximum absolute atomic E-state index is 12.9. The Morgan fingerprint density at radius 2 is 1.34 bits per heavy atom. The Kier molecular flexibility index (Phi) is 18.2. The molecule has 1 unspecified atom stereocenters. The van der Waals surface area contributed by atoms with Crippen molar-refractivity contribution in [3.05, 3.63) is 0 Å². The van der Waals surface area contributed by atoms with Crippen molar-refractivity contribution in [1.29, 1.82) is 0 Å². The number of aliphatic hydroxyl groups is 13. The average molecular weight is 933 g/mol.